The van der Waals surface area contributed by atoms with Gasteiger partial charge < -0.3 is 14.2 Å². The van der Waals surface area contributed by atoms with Gasteiger partial charge in [0.25, 0.3) is 0 Å². The van der Waals surface area contributed by atoms with Gasteiger partial charge in [-0.15, -0.1) is 0 Å². The number of hydrogen-bond acceptors (Lipinski definition) is 6. The van der Waals surface area contributed by atoms with Crippen LogP contribution in [0.3, 0.4) is 0 Å². The molecule has 0 N–H and O–H groups in total. The quantitative estimate of drug-likeness (QED) is 0.0343. The Morgan fingerprint density at radius 1 is 0.216 bits per heavy atom. The summed E-state index contributed by atoms with van der Waals surface area (Å²) in [7, 11) is 0. The van der Waals surface area contributed by atoms with Crippen molar-refractivity contribution in [3.05, 3.63) is 0 Å². The van der Waals surface area contributed by atoms with Crippen molar-refractivity contribution in [3.8, 4) is 0 Å². The molecule has 0 heterocycles. The molecule has 0 spiro atoms. The average Bonchev–Trinajstić information content (AvgIpc) is 3.40. The SMILES string of the molecule is CCCCCCCCCCCCCCCCCCCCCCCCCCCCCCCCCCCC(=O)OCC(COC(=O)CCCCCCCCCCC)OC(=O)CCCCCCCCCCCCCCCC. The summed E-state index contributed by atoms with van der Waals surface area (Å²) in [6, 6.07) is 0. The zero-order valence-electron chi connectivity index (χ0n) is 50.7. The van der Waals surface area contributed by atoms with Crippen molar-refractivity contribution in [2.45, 2.75) is 406 Å². The number of hydrogen-bond donors (Lipinski definition) is 0. The van der Waals surface area contributed by atoms with Crippen LogP contribution in [0.1, 0.15) is 400 Å². The lowest BCUT2D eigenvalue weighted by atomic mass is 10.0. The van der Waals surface area contributed by atoms with E-state index in [9.17, 15) is 14.4 Å². The minimum absolute atomic E-state index is 0.0612. The molecule has 0 fully saturated rings. The number of esters is 3. The number of carbonyl (C=O) groups excluding carboxylic acids is 3. The third kappa shape index (κ3) is 61.3. The van der Waals surface area contributed by atoms with Gasteiger partial charge in [0, 0.05) is 19.3 Å². The van der Waals surface area contributed by atoms with Crippen LogP contribution in [0, 0.1) is 0 Å². The van der Waals surface area contributed by atoms with E-state index in [1.54, 1.807) is 0 Å². The molecule has 0 aliphatic rings. The van der Waals surface area contributed by atoms with Gasteiger partial charge in [-0.1, -0.05) is 361 Å². The maximum absolute atomic E-state index is 12.8. The van der Waals surface area contributed by atoms with Crippen LogP contribution in [0.15, 0.2) is 0 Å². The van der Waals surface area contributed by atoms with E-state index < -0.39 is 6.10 Å². The van der Waals surface area contributed by atoms with Gasteiger partial charge in [0.15, 0.2) is 6.10 Å². The zero-order chi connectivity index (χ0) is 53.6. The Morgan fingerprint density at radius 3 is 0.541 bits per heavy atom. The van der Waals surface area contributed by atoms with Gasteiger partial charge in [0.1, 0.15) is 13.2 Å². The second-order valence-corrected chi connectivity index (χ2v) is 23.5. The topological polar surface area (TPSA) is 78.9 Å². The fourth-order valence-electron chi connectivity index (χ4n) is 10.7. The van der Waals surface area contributed by atoms with E-state index in [-0.39, 0.29) is 31.1 Å². The van der Waals surface area contributed by atoms with Crippen LogP contribution in [0.25, 0.3) is 0 Å². The van der Waals surface area contributed by atoms with Crippen LogP contribution >= 0.6 is 0 Å². The lowest BCUT2D eigenvalue weighted by Crippen LogP contribution is -2.30. The fourth-order valence-corrected chi connectivity index (χ4v) is 10.7. The minimum Gasteiger partial charge on any atom is -0.462 e. The van der Waals surface area contributed by atoms with E-state index in [2.05, 4.69) is 20.8 Å². The minimum atomic E-state index is -0.761. The maximum atomic E-state index is 12.8. The number of unbranched alkanes of at least 4 members (excludes halogenated alkanes) is 53. The summed E-state index contributed by atoms with van der Waals surface area (Å²) in [5.41, 5.74) is 0. The van der Waals surface area contributed by atoms with Gasteiger partial charge in [-0.25, -0.2) is 0 Å². The first-order valence-corrected chi connectivity index (χ1v) is 34.0. The van der Waals surface area contributed by atoms with Gasteiger partial charge in [-0.05, 0) is 19.3 Å². The highest BCUT2D eigenvalue weighted by Gasteiger charge is 2.19. The molecule has 0 saturated heterocycles. The van der Waals surface area contributed by atoms with Gasteiger partial charge in [-0.2, -0.15) is 0 Å². The van der Waals surface area contributed by atoms with Crippen LogP contribution in [0.5, 0.6) is 0 Å². The molecule has 1 unspecified atom stereocenters. The van der Waals surface area contributed by atoms with Crippen LogP contribution in [0.2, 0.25) is 0 Å². The summed E-state index contributed by atoms with van der Waals surface area (Å²) >= 11 is 0. The van der Waals surface area contributed by atoms with Gasteiger partial charge in [0.05, 0.1) is 0 Å². The van der Waals surface area contributed by atoms with Crippen molar-refractivity contribution in [1.29, 1.82) is 0 Å². The van der Waals surface area contributed by atoms with E-state index in [0.717, 1.165) is 57.8 Å². The standard InChI is InChI=1S/C68H132O6/c1-4-7-10-13-16-19-21-23-25-26-27-28-29-30-31-32-33-34-35-36-37-38-39-40-41-42-43-45-46-49-52-55-58-61-67(70)73-64-65(63-72-66(69)60-57-54-51-48-18-15-12-9-6-3)74-68(71)62-59-56-53-50-47-44-24-22-20-17-14-11-8-5-2/h65H,4-64H2,1-3H3. The summed E-state index contributed by atoms with van der Waals surface area (Å²) in [6.07, 6.45) is 74.5. The maximum Gasteiger partial charge on any atom is 0.306 e. The normalized spacial score (nSPS) is 11.9. The lowest BCUT2D eigenvalue weighted by molar-refractivity contribution is -0.167. The Morgan fingerprint density at radius 2 is 0.365 bits per heavy atom. The highest BCUT2D eigenvalue weighted by molar-refractivity contribution is 5.71. The summed E-state index contributed by atoms with van der Waals surface area (Å²) < 4.78 is 16.9. The lowest BCUT2D eigenvalue weighted by Gasteiger charge is -2.18. The van der Waals surface area contributed by atoms with Gasteiger partial charge in [-0.3, -0.25) is 14.4 Å². The second kappa shape index (κ2) is 63.9. The Balaban J connectivity index is 3.94. The molecule has 0 aliphatic heterocycles. The van der Waals surface area contributed by atoms with Crippen molar-refractivity contribution in [1.82, 2.24) is 0 Å². The van der Waals surface area contributed by atoms with Crippen molar-refractivity contribution < 1.29 is 28.6 Å². The molecule has 74 heavy (non-hydrogen) atoms. The van der Waals surface area contributed by atoms with Crippen LogP contribution in [0.4, 0.5) is 0 Å². The molecule has 0 aliphatic carbocycles. The summed E-state index contributed by atoms with van der Waals surface area (Å²) in [6.45, 7) is 6.70. The number of ether oxygens (including phenoxy) is 3. The highest BCUT2D eigenvalue weighted by atomic mass is 16.6. The van der Waals surface area contributed by atoms with E-state index >= 15 is 0 Å². The molecule has 440 valence electrons. The van der Waals surface area contributed by atoms with Crippen molar-refractivity contribution in [2.75, 3.05) is 13.2 Å². The average molecular weight is 1050 g/mol. The summed E-state index contributed by atoms with van der Waals surface area (Å²) in [5.74, 6) is -0.833. The van der Waals surface area contributed by atoms with Crippen molar-refractivity contribution in [2.24, 2.45) is 0 Å². The molecule has 0 saturated carbocycles. The van der Waals surface area contributed by atoms with Crippen LogP contribution < -0.4 is 0 Å². The third-order valence-electron chi connectivity index (χ3n) is 15.9. The van der Waals surface area contributed by atoms with E-state index in [1.807, 2.05) is 0 Å². The smallest absolute Gasteiger partial charge is 0.306 e. The molecular weight excluding hydrogens is 913 g/mol. The molecule has 0 bridgehead atoms. The molecule has 1 atom stereocenters. The molecule has 0 amide bonds. The molecular formula is C68H132O6. The predicted molar refractivity (Wildman–Crippen MR) is 321 cm³/mol. The summed E-state index contributed by atoms with van der Waals surface area (Å²) in [5, 5.41) is 0. The Kier molecular flexibility index (Phi) is 62.6. The number of rotatable bonds is 64. The van der Waals surface area contributed by atoms with Gasteiger partial charge >= 0.3 is 17.9 Å². The first-order chi connectivity index (χ1) is 36.5. The highest BCUT2D eigenvalue weighted by Crippen LogP contribution is 2.19. The predicted octanol–water partition coefficient (Wildman–Crippen LogP) is 23.1. The zero-order valence-corrected chi connectivity index (χ0v) is 50.7. The molecule has 6 nitrogen and oxygen atoms in total. The first kappa shape index (κ1) is 72.4. The molecule has 0 aromatic heterocycles. The fraction of sp³-hybridized carbons (Fsp3) is 0.956. The largest absolute Gasteiger partial charge is 0.462 e. The van der Waals surface area contributed by atoms with Crippen LogP contribution in [-0.4, -0.2) is 37.2 Å². The third-order valence-corrected chi connectivity index (χ3v) is 15.9. The molecule has 0 rings (SSSR count). The Labute approximate surface area is 463 Å². The molecule has 0 aromatic rings. The van der Waals surface area contributed by atoms with Crippen molar-refractivity contribution in [3.63, 3.8) is 0 Å². The Bertz CT molecular complexity index is 1110. The molecule has 0 aromatic carbocycles. The van der Waals surface area contributed by atoms with E-state index in [0.29, 0.717) is 19.3 Å². The summed E-state index contributed by atoms with van der Waals surface area (Å²) in [4.78, 5) is 38.1. The monoisotopic (exact) mass is 1050 g/mol. The van der Waals surface area contributed by atoms with Crippen molar-refractivity contribution >= 4 is 17.9 Å². The van der Waals surface area contributed by atoms with E-state index in [1.165, 1.54) is 302 Å². The molecule has 6 heteroatoms. The molecule has 0 radical (unpaired) electrons. The number of carbonyl (C=O) groups is 3. The Hall–Kier alpha value is -1.59. The van der Waals surface area contributed by atoms with Gasteiger partial charge in [0.2, 0.25) is 0 Å². The first-order valence-electron chi connectivity index (χ1n) is 34.0. The van der Waals surface area contributed by atoms with Crippen LogP contribution in [-0.2, 0) is 28.6 Å². The van der Waals surface area contributed by atoms with E-state index in [4.69, 9.17) is 14.2 Å². The second-order valence-electron chi connectivity index (χ2n) is 23.5.